The second kappa shape index (κ2) is 8.54. The zero-order chi connectivity index (χ0) is 25.0. The highest BCUT2D eigenvalue weighted by molar-refractivity contribution is 6.20. The first kappa shape index (κ1) is 22.9. The van der Waals surface area contributed by atoms with Gasteiger partial charge in [-0.3, -0.25) is 9.69 Å². The standard InChI is InChI=1S/C28H29N5O3/c1-28(2)23-16-20(31-9-7-19(8-10-31)32-11-13-36-14-12-32)4-6-21(23)26(34)25-22-5-3-18(17-29)15-24(22)33(30-35)27(25)28/h3-6,15-16,19H,7-14H2,1-2H3. The average Bonchev–Trinajstić information content (AvgIpc) is 3.27. The SMILES string of the molecule is CC1(C)c2cc(N3CCC(N4CCOCC4)CC3)ccc2C(=O)c2c1n(N=O)c1cc(C#N)ccc21. The Bertz CT molecular complexity index is 1420. The lowest BCUT2D eigenvalue weighted by molar-refractivity contribution is 0.0115. The van der Waals surface area contributed by atoms with Gasteiger partial charge in [0.1, 0.15) is 0 Å². The molecule has 0 unspecified atom stereocenters. The maximum Gasteiger partial charge on any atom is 0.195 e. The molecule has 0 saturated carbocycles. The summed E-state index contributed by atoms with van der Waals surface area (Å²) in [5, 5.41) is 13.3. The number of carbonyl (C=O) groups excluding carboxylic acids is 1. The fraction of sp³-hybridized carbons (Fsp3) is 0.429. The first-order chi connectivity index (χ1) is 17.4. The van der Waals surface area contributed by atoms with E-state index >= 15 is 0 Å². The fourth-order valence-corrected chi connectivity index (χ4v) is 6.37. The summed E-state index contributed by atoms with van der Waals surface area (Å²) in [6.07, 6.45) is 2.21. The quantitative estimate of drug-likeness (QED) is 0.518. The molecule has 8 heteroatoms. The largest absolute Gasteiger partial charge is 0.379 e. The minimum absolute atomic E-state index is 0.103. The molecule has 36 heavy (non-hydrogen) atoms. The number of ether oxygens (including phenoxy) is 1. The van der Waals surface area contributed by atoms with E-state index in [2.05, 4.69) is 33.3 Å². The van der Waals surface area contributed by atoms with Gasteiger partial charge in [-0.25, -0.2) is 0 Å². The van der Waals surface area contributed by atoms with Gasteiger partial charge in [-0.1, -0.05) is 19.9 Å². The molecule has 0 amide bonds. The van der Waals surface area contributed by atoms with Crippen LogP contribution in [0.25, 0.3) is 10.9 Å². The minimum atomic E-state index is -0.625. The maximum atomic E-state index is 13.7. The molecule has 8 nitrogen and oxygen atoms in total. The Balaban J connectivity index is 1.36. The number of nitriles is 1. The van der Waals surface area contributed by atoms with E-state index in [1.165, 1.54) is 4.68 Å². The molecule has 0 radical (unpaired) electrons. The van der Waals surface area contributed by atoms with Crippen LogP contribution in [0.3, 0.4) is 0 Å². The number of fused-ring (bicyclic) bond motifs is 4. The number of nitroso groups, excluding NO2 is 1. The second-order valence-electron chi connectivity index (χ2n) is 10.5. The Hall–Kier alpha value is -3.54. The zero-order valence-corrected chi connectivity index (χ0v) is 20.7. The van der Waals surface area contributed by atoms with Crippen LogP contribution < -0.4 is 4.90 Å². The summed E-state index contributed by atoms with van der Waals surface area (Å²) in [7, 11) is 0. The van der Waals surface area contributed by atoms with Crippen molar-refractivity contribution in [3.05, 3.63) is 69.3 Å². The molecule has 0 atom stereocenters. The Morgan fingerprint density at radius 1 is 1.06 bits per heavy atom. The van der Waals surface area contributed by atoms with E-state index in [1.54, 1.807) is 18.2 Å². The predicted molar refractivity (Wildman–Crippen MR) is 137 cm³/mol. The highest BCUT2D eigenvalue weighted by Crippen LogP contribution is 2.46. The van der Waals surface area contributed by atoms with Crippen LogP contribution in [-0.4, -0.2) is 60.8 Å². The topological polar surface area (TPSA) is 90.9 Å². The number of aromatic nitrogens is 1. The molecule has 3 heterocycles. The van der Waals surface area contributed by atoms with Crippen molar-refractivity contribution in [1.29, 1.82) is 5.26 Å². The Morgan fingerprint density at radius 3 is 2.50 bits per heavy atom. The van der Waals surface area contributed by atoms with E-state index in [0.29, 0.717) is 39.3 Å². The monoisotopic (exact) mass is 483 g/mol. The van der Waals surface area contributed by atoms with Crippen molar-refractivity contribution in [3.8, 4) is 6.07 Å². The molecule has 0 bridgehead atoms. The normalized spacial score (nSPS) is 20.1. The lowest BCUT2D eigenvalue weighted by Crippen LogP contribution is -2.49. The number of rotatable bonds is 3. The first-order valence-electron chi connectivity index (χ1n) is 12.6. The summed E-state index contributed by atoms with van der Waals surface area (Å²) < 4.78 is 6.82. The van der Waals surface area contributed by atoms with Crippen LogP contribution in [0.1, 0.15) is 59.4 Å². The Labute approximate surface area is 210 Å². The third kappa shape index (κ3) is 3.38. The number of nitrogens with zero attached hydrogens (tertiary/aromatic N) is 5. The molecule has 0 N–H and O–H groups in total. The van der Waals surface area contributed by atoms with E-state index in [4.69, 9.17) is 4.74 Å². The molecular weight excluding hydrogens is 454 g/mol. The highest BCUT2D eigenvalue weighted by Gasteiger charge is 2.42. The summed E-state index contributed by atoms with van der Waals surface area (Å²) in [6.45, 7) is 9.67. The van der Waals surface area contributed by atoms with Crippen LogP contribution in [-0.2, 0) is 10.2 Å². The number of hydrogen-bond acceptors (Lipinski definition) is 7. The molecule has 6 rings (SSSR count). The van der Waals surface area contributed by atoms with Crippen LogP contribution in [0.5, 0.6) is 0 Å². The molecule has 1 aliphatic carbocycles. The predicted octanol–water partition coefficient (Wildman–Crippen LogP) is 4.21. The lowest BCUT2D eigenvalue weighted by atomic mass is 9.71. The number of benzene rings is 2. The van der Waals surface area contributed by atoms with E-state index in [-0.39, 0.29) is 5.78 Å². The summed E-state index contributed by atoms with van der Waals surface area (Å²) in [5.41, 5.74) is 4.05. The fourth-order valence-electron chi connectivity index (χ4n) is 6.37. The molecule has 3 aromatic rings. The molecule has 2 saturated heterocycles. The smallest absolute Gasteiger partial charge is 0.195 e. The van der Waals surface area contributed by atoms with Crippen molar-refractivity contribution < 1.29 is 9.53 Å². The third-order valence-electron chi connectivity index (χ3n) is 8.29. The Kier molecular flexibility index (Phi) is 5.43. The lowest BCUT2D eigenvalue weighted by Gasteiger charge is -2.41. The molecule has 2 aromatic carbocycles. The molecule has 0 spiro atoms. The number of morpholine rings is 1. The molecule has 184 valence electrons. The van der Waals surface area contributed by atoms with Crippen molar-refractivity contribution in [3.63, 3.8) is 0 Å². The molecule has 2 aliphatic heterocycles. The van der Waals surface area contributed by atoms with Crippen molar-refractivity contribution >= 4 is 22.4 Å². The van der Waals surface area contributed by atoms with Crippen LogP contribution in [0, 0.1) is 16.2 Å². The van der Waals surface area contributed by atoms with Gasteiger partial charge >= 0.3 is 0 Å². The zero-order valence-electron chi connectivity index (χ0n) is 20.7. The van der Waals surface area contributed by atoms with Gasteiger partial charge in [-0.15, -0.1) is 4.91 Å². The van der Waals surface area contributed by atoms with Crippen LogP contribution in [0.15, 0.2) is 41.7 Å². The van der Waals surface area contributed by atoms with Crippen molar-refractivity contribution in [1.82, 2.24) is 9.58 Å². The van der Waals surface area contributed by atoms with Gasteiger partial charge in [-0.2, -0.15) is 9.94 Å². The first-order valence-corrected chi connectivity index (χ1v) is 12.6. The summed E-state index contributed by atoms with van der Waals surface area (Å²) in [5.74, 6) is -0.103. The summed E-state index contributed by atoms with van der Waals surface area (Å²) >= 11 is 0. The number of piperidine rings is 1. The van der Waals surface area contributed by atoms with Gasteiger partial charge in [0.05, 0.1) is 46.9 Å². The summed E-state index contributed by atoms with van der Waals surface area (Å²) in [4.78, 5) is 30.7. The third-order valence-corrected chi connectivity index (χ3v) is 8.29. The van der Waals surface area contributed by atoms with Crippen LogP contribution >= 0.6 is 0 Å². The van der Waals surface area contributed by atoms with Crippen LogP contribution in [0.4, 0.5) is 5.69 Å². The number of anilines is 1. The van der Waals surface area contributed by atoms with Gasteiger partial charge in [0.15, 0.2) is 5.78 Å². The molecule has 1 aromatic heterocycles. The van der Waals surface area contributed by atoms with Crippen molar-refractivity contribution in [2.75, 3.05) is 44.3 Å². The molecule has 2 fully saturated rings. The van der Waals surface area contributed by atoms with Crippen LogP contribution in [0.2, 0.25) is 0 Å². The van der Waals surface area contributed by atoms with E-state index in [0.717, 1.165) is 63.5 Å². The van der Waals surface area contributed by atoms with Gasteiger partial charge < -0.3 is 9.64 Å². The average molecular weight is 484 g/mol. The minimum Gasteiger partial charge on any atom is -0.379 e. The van der Waals surface area contributed by atoms with Gasteiger partial charge in [0, 0.05) is 54.3 Å². The number of carbonyl (C=O) groups is 1. The second-order valence-corrected chi connectivity index (χ2v) is 10.5. The van der Waals surface area contributed by atoms with E-state index < -0.39 is 5.41 Å². The summed E-state index contributed by atoms with van der Waals surface area (Å²) in [6, 6.07) is 13.9. The van der Waals surface area contributed by atoms with Gasteiger partial charge in [0.25, 0.3) is 0 Å². The molecular formula is C28H29N5O3. The maximum absolute atomic E-state index is 13.7. The molecule has 3 aliphatic rings. The Morgan fingerprint density at radius 2 is 1.81 bits per heavy atom. The number of hydrogen-bond donors (Lipinski definition) is 0. The highest BCUT2D eigenvalue weighted by atomic mass is 16.5. The van der Waals surface area contributed by atoms with Crippen molar-refractivity contribution in [2.45, 2.75) is 38.1 Å². The van der Waals surface area contributed by atoms with E-state index in [1.807, 2.05) is 19.9 Å². The van der Waals surface area contributed by atoms with E-state index in [9.17, 15) is 15.0 Å². The van der Waals surface area contributed by atoms with Crippen molar-refractivity contribution in [2.24, 2.45) is 5.29 Å². The van der Waals surface area contributed by atoms with Gasteiger partial charge in [0.2, 0.25) is 0 Å². The number of ketones is 1. The van der Waals surface area contributed by atoms with Gasteiger partial charge in [-0.05, 0) is 48.7 Å².